The molecule has 0 spiro atoms. The molecule has 0 aliphatic rings. The van der Waals surface area contributed by atoms with E-state index in [1.807, 2.05) is 4.72 Å². The van der Waals surface area contributed by atoms with E-state index in [4.69, 9.17) is 0 Å². The second kappa shape index (κ2) is 5.41. The van der Waals surface area contributed by atoms with E-state index in [1.54, 1.807) is 0 Å². The molecule has 0 fully saturated rings. The SMILES string of the molecule is O=S(=O)(Nc1ccc(F)cn1)c1c(F)cc(F)cc1Br. The van der Waals surface area contributed by atoms with Crippen molar-refractivity contribution >= 4 is 31.8 Å². The van der Waals surface area contributed by atoms with Crippen molar-refractivity contribution in [1.29, 1.82) is 0 Å². The normalized spacial score (nSPS) is 11.4. The lowest BCUT2D eigenvalue weighted by Gasteiger charge is -2.10. The van der Waals surface area contributed by atoms with Gasteiger partial charge in [-0.15, -0.1) is 0 Å². The summed E-state index contributed by atoms with van der Waals surface area (Å²) in [5.41, 5.74) is 0. The Hall–Kier alpha value is -1.61. The van der Waals surface area contributed by atoms with Gasteiger partial charge in [0, 0.05) is 10.5 Å². The van der Waals surface area contributed by atoms with Crippen molar-refractivity contribution in [2.24, 2.45) is 0 Å². The van der Waals surface area contributed by atoms with Crippen LogP contribution in [0.15, 0.2) is 39.8 Å². The minimum atomic E-state index is -4.33. The quantitative estimate of drug-likeness (QED) is 0.907. The van der Waals surface area contributed by atoms with Crippen molar-refractivity contribution in [3.63, 3.8) is 0 Å². The maximum atomic E-state index is 13.6. The first kappa shape index (κ1) is 14.8. The zero-order chi connectivity index (χ0) is 14.9. The number of sulfonamides is 1. The third-order valence-corrected chi connectivity index (χ3v) is 4.52. The molecule has 1 N–H and O–H groups in total. The van der Waals surface area contributed by atoms with Crippen molar-refractivity contribution in [3.8, 4) is 0 Å². The molecular formula is C11H6BrF3N2O2S. The first-order valence-corrected chi connectivity index (χ1v) is 7.36. The lowest BCUT2D eigenvalue weighted by atomic mass is 10.3. The zero-order valence-corrected chi connectivity index (χ0v) is 12.0. The van der Waals surface area contributed by atoms with Crippen molar-refractivity contribution in [3.05, 3.63) is 52.4 Å². The Bertz CT molecular complexity index is 728. The van der Waals surface area contributed by atoms with Gasteiger partial charge in [0.1, 0.15) is 28.2 Å². The van der Waals surface area contributed by atoms with Crippen LogP contribution in [0.5, 0.6) is 0 Å². The third kappa shape index (κ3) is 3.10. The average Bonchev–Trinajstić information content (AvgIpc) is 2.30. The topological polar surface area (TPSA) is 59.1 Å². The number of nitrogens with zero attached hydrogens (tertiary/aromatic N) is 1. The molecule has 0 atom stereocenters. The molecule has 0 amide bonds. The number of nitrogens with one attached hydrogen (secondary N) is 1. The van der Waals surface area contributed by atoms with Crippen LogP contribution >= 0.6 is 15.9 Å². The number of pyridine rings is 1. The molecule has 0 unspecified atom stereocenters. The molecule has 1 heterocycles. The second-order valence-electron chi connectivity index (χ2n) is 3.67. The van der Waals surface area contributed by atoms with Crippen LogP contribution in [-0.2, 0) is 10.0 Å². The first-order valence-electron chi connectivity index (χ1n) is 5.08. The van der Waals surface area contributed by atoms with E-state index < -0.39 is 32.4 Å². The van der Waals surface area contributed by atoms with Crippen LogP contribution in [0, 0.1) is 17.5 Å². The van der Waals surface area contributed by atoms with E-state index in [0.29, 0.717) is 6.07 Å². The highest BCUT2D eigenvalue weighted by atomic mass is 79.9. The Kier molecular flexibility index (Phi) is 4.00. The summed E-state index contributed by atoms with van der Waals surface area (Å²) in [6, 6.07) is 3.32. The Morgan fingerprint density at radius 2 is 1.80 bits per heavy atom. The lowest BCUT2D eigenvalue weighted by Crippen LogP contribution is -2.16. The minimum Gasteiger partial charge on any atom is -0.263 e. The van der Waals surface area contributed by atoms with Gasteiger partial charge < -0.3 is 0 Å². The summed E-state index contributed by atoms with van der Waals surface area (Å²) in [6.45, 7) is 0. The van der Waals surface area contributed by atoms with E-state index in [-0.39, 0.29) is 10.3 Å². The summed E-state index contributed by atoms with van der Waals surface area (Å²) < 4.78 is 64.9. The molecule has 4 nitrogen and oxygen atoms in total. The predicted molar refractivity (Wildman–Crippen MR) is 69.1 cm³/mol. The molecule has 20 heavy (non-hydrogen) atoms. The number of benzene rings is 1. The van der Waals surface area contributed by atoms with Crippen molar-refractivity contribution < 1.29 is 21.6 Å². The first-order chi connectivity index (χ1) is 9.29. The van der Waals surface area contributed by atoms with Crippen LogP contribution in [0.25, 0.3) is 0 Å². The molecule has 0 saturated heterocycles. The van der Waals surface area contributed by atoms with E-state index in [1.165, 1.54) is 0 Å². The Morgan fingerprint density at radius 3 is 2.35 bits per heavy atom. The van der Waals surface area contributed by atoms with Crippen molar-refractivity contribution in [2.45, 2.75) is 4.90 Å². The highest BCUT2D eigenvalue weighted by Gasteiger charge is 2.24. The number of halogens is 4. The van der Waals surface area contributed by atoms with Crippen LogP contribution in [0.1, 0.15) is 0 Å². The summed E-state index contributed by atoms with van der Waals surface area (Å²) in [7, 11) is -4.33. The predicted octanol–water partition coefficient (Wildman–Crippen LogP) is 3.06. The minimum absolute atomic E-state index is 0.193. The van der Waals surface area contributed by atoms with Gasteiger partial charge in [0.25, 0.3) is 10.0 Å². The standard InChI is InChI=1S/C11H6BrF3N2O2S/c12-8-3-7(14)4-9(15)11(8)20(18,19)17-10-2-1-6(13)5-16-10/h1-5H,(H,16,17). The number of anilines is 1. The number of aromatic nitrogens is 1. The van der Waals surface area contributed by atoms with E-state index in [2.05, 4.69) is 20.9 Å². The molecule has 0 saturated carbocycles. The summed E-state index contributed by atoms with van der Waals surface area (Å²) in [4.78, 5) is 2.73. The smallest absolute Gasteiger partial charge is 0.263 e. The zero-order valence-electron chi connectivity index (χ0n) is 9.57. The van der Waals surface area contributed by atoms with Gasteiger partial charge >= 0.3 is 0 Å². The van der Waals surface area contributed by atoms with E-state index in [9.17, 15) is 21.6 Å². The van der Waals surface area contributed by atoms with Gasteiger partial charge in [-0.25, -0.2) is 26.6 Å². The third-order valence-electron chi connectivity index (χ3n) is 2.20. The van der Waals surface area contributed by atoms with Crippen LogP contribution in [0.2, 0.25) is 0 Å². The van der Waals surface area contributed by atoms with Gasteiger partial charge in [-0.1, -0.05) is 0 Å². The van der Waals surface area contributed by atoms with Gasteiger partial charge in [-0.05, 0) is 34.1 Å². The molecule has 0 aliphatic heterocycles. The highest BCUT2D eigenvalue weighted by Crippen LogP contribution is 2.27. The maximum Gasteiger partial charge on any atom is 0.267 e. The molecule has 2 aromatic rings. The number of hydrogen-bond acceptors (Lipinski definition) is 3. The number of rotatable bonds is 3. The Morgan fingerprint density at radius 1 is 1.10 bits per heavy atom. The Labute approximate surface area is 120 Å². The van der Waals surface area contributed by atoms with Gasteiger partial charge in [-0.3, -0.25) is 4.72 Å². The van der Waals surface area contributed by atoms with Crippen LogP contribution in [0.4, 0.5) is 19.0 Å². The summed E-state index contributed by atoms with van der Waals surface area (Å²) in [6.07, 6.45) is 0.800. The van der Waals surface area contributed by atoms with Crippen LogP contribution < -0.4 is 4.72 Å². The monoisotopic (exact) mass is 366 g/mol. The summed E-state index contributed by atoms with van der Waals surface area (Å²) in [5, 5.41) is 0. The molecule has 9 heteroatoms. The molecule has 0 radical (unpaired) electrons. The molecular weight excluding hydrogens is 361 g/mol. The fourth-order valence-electron chi connectivity index (χ4n) is 1.41. The molecule has 1 aromatic heterocycles. The van der Waals surface area contributed by atoms with Gasteiger partial charge in [0.05, 0.1) is 6.20 Å². The molecule has 0 bridgehead atoms. The maximum absolute atomic E-state index is 13.6. The van der Waals surface area contributed by atoms with Crippen molar-refractivity contribution in [1.82, 2.24) is 4.98 Å². The molecule has 1 aromatic carbocycles. The van der Waals surface area contributed by atoms with Gasteiger partial charge in [0.15, 0.2) is 0 Å². The fraction of sp³-hybridized carbons (Fsp3) is 0. The second-order valence-corrected chi connectivity index (χ2v) is 6.14. The molecule has 2 rings (SSSR count). The fourth-order valence-corrected chi connectivity index (χ4v) is 3.59. The summed E-state index contributed by atoms with van der Waals surface area (Å²) in [5.74, 6) is -3.02. The van der Waals surface area contributed by atoms with Crippen LogP contribution in [-0.4, -0.2) is 13.4 Å². The Balaban J connectivity index is 2.43. The van der Waals surface area contributed by atoms with Gasteiger partial charge in [-0.2, -0.15) is 0 Å². The average molecular weight is 367 g/mol. The van der Waals surface area contributed by atoms with Crippen LogP contribution in [0.3, 0.4) is 0 Å². The summed E-state index contributed by atoms with van der Waals surface area (Å²) >= 11 is 2.78. The lowest BCUT2D eigenvalue weighted by molar-refractivity contribution is 0.548. The number of hydrogen-bond donors (Lipinski definition) is 1. The molecule has 106 valence electrons. The largest absolute Gasteiger partial charge is 0.267 e. The van der Waals surface area contributed by atoms with E-state index in [0.717, 1.165) is 24.4 Å². The highest BCUT2D eigenvalue weighted by molar-refractivity contribution is 9.10. The van der Waals surface area contributed by atoms with Gasteiger partial charge in [0.2, 0.25) is 0 Å². The van der Waals surface area contributed by atoms with E-state index >= 15 is 0 Å². The molecule has 0 aliphatic carbocycles. The van der Waals surface area contributed by atoms with Crippen molar-refractivity contribution in [2.75, 3.05) is 4.72 Å².